The number of hydrogen-bond donors (Lipinski definition) is 0. The summed E-state index contributed by atoms with van der Waals surface area (Å²) in [4.78, 5) is 2.06. The highest BCUT2D eigenvalue weighted by Crippen LogP contribution is 2.24. The van der Waals surface area contributed by atoms with E-state index in [-0.39, 0.29) is 11.7 Å². The van der Waals surface area contributed by atoms with Gasteiger partial charge in [-0.05, 0) is 19.1 Å². The van der Waals surface area contributed by atoms with Crippen molar-refractivity contribution in [3.05, 3.63) is 29.6 Å². The summed E-state index contributed by atoms with van der Waals surface area (Å²) >= 11 is 5.77. The topological polar surface area (TPSA) is 12.5 Å². The highest BCUT2D eigenvalue weighted by atomic mass is 35.5. The molecule has 1 aromatic rings. The Morgan fingerprint density at radius 2 is 2.19 bits per heavy atom. The van der Waals surface area contributed by atoms with Gasteiger partial charge in [-0.15, -0.1) is 11.6 Å². The number of halogens is 2. The lowest BCUT2D eigenvalue weighted by atomic mass is 10.1. The van der Waals surface area contributed by atoms with E-state index in [1.807, 2.05) is 13.0 Å². The van der Waals surface area contributed by atoms with Gasteiger partial charge in [0, 0.05) is 31.5 Å². The molecule has 0 aliphatic carbocycles. The fourth-order valence-electron chi connectivity index (χ4n) is 1.63. The molecule has 2 nitrogen and oxygen atoms in total. The van der Waals surface area contributed by atoms with Gasteiger partial charge in [-0.1, -0.05) is 6.07 Å². The van der Waals surface area contributed by atoms with E-state index < -0.39 is 0 Å². The van der Waals surface area contributed by atoms with Crippen LogP contribution in [0.5, 0.6) is 0 Å². The molecular weight excluding hydrogens is 229 g/mol. The summed E-state index contributed by atoms with van der Waals surface area (Å²) in [6.45, 7) is 4.18. The smallest absolute Gasteiger partial charge is 0.129 e. The lowest BCUT2D eigenvalue weighted by Gasteiger charge is -2.25. The third kappa shape index (κ3) is 3.09. The van der Waals surface area contributed by atoms with Gasteiger partial charge in [0.2, 0.25) is 0 Å². The van der Waals surface area contributed by atoms with E-state index in [9.17, 15) is 4.39 Å². The summed E-state index contributed by atoms with van der Waals surface area (Å²) in [5, 5.41) is 0. The molecule has 0 fully saturated rings. The minimum Gasteiger partial charge on any atom is -0.383 e. The summed E-state index contributed by atoms with van der Waals surface area (Å²) < 4.78 is 18.6. The minimum atomic E-state index is -0.247. The van der Waals surface area contributed by atoms with Gasteiger partial charge in [0.15, 0.2) is 0 Å². The summed E-state index contributed by atoms with van der Waals surface area (Å²) in [7, 11) is 1.65. The third-order valence-electron chi connectivity index (χ3n) is 2.52. The van der Waals surface area contributed by atoms with Crippen LogP contribution in [0.1, 0.15) is 12.5 Å². The average Bonchev–Trinajstić information content (AvgIpc) is 2.30. The summed E-state index contributed by atoms with van der Waals surface area (Å²) in [6.07, 6.45) is 0. The molecule has 0 saturated heterocycles. The van der Waals surface area contributed by atoms with E-state index >= 15 is 0 Å². The number of methoxy groups -OCH3 is 1. The second-order valence-corrected chi connectivity index (χ2v) is 3.71. The van der Waals surface area contributed by atoms with E-state index in [0.29, 0.717) is 12.2 Å². The molecule has 16 heavy (non-hydrogen) atoms. The van der Waals surface area contributed by atoms with Crippen LogP contribution in [0.3, 0.4) is 0 Å². The number of hydrogen-bond acceptors (Lipinski definition) is 2. The Hall–Kier alpha value is -0.800. The highest BCUT2D eigenvalue weighted by Gasteiger charge is 2.12. The fourth-order valence-corrected chi connectivity index (χ4v) is 1.89. The van der Waals surface area contributed by atoms with Crippen LogP contribution in [0.4, 0.5) is 10.1 Å². The fraction of sp³-hybridized carbons (Fsp3) is 0.500. The van der Waals surface area contributed by atoms with Crippen molar-refractivity contribution in [3.8, 4) is 0 Å². The maximum Gasteiger partial charge on any atom is 0.129 e. The van der Waals surface area contributed by atoms with Gasteiger partial charge in [0.25, 0.3) is 0 Å². The number of likely N-dealkylation sites (N-methyl/N-ethyl adjacent to an activating group) is 1. The van der Waals surface area contributed by atoms with E-state index in [1.165, 1.54) is 6.07 Å². The number of alkyl halides is 1. The van der Waals surface area contributed by atoms with Crippen molar-refractivity contribution in [2.45, 2.75) is 12.8 Å². The standard InChI is InChI=1S/C12H17ClFNO/c1-3-15(7-8-16-2)12-6-4-5-11(14)10(12)9-13/h4-6H,3,7-9H2,1-2H3. The third-order valence-corrected chi connectivity index (χ3v) is 2.78. The first-order valence-electron chi connectivity index (χ1n) is 5.31. The van der Waals surface area contributed by atoms with Crippen molar-refractivity contribution in [2.24, 2.45) is 0 Å². The Bertz CT molecular complexity index is 333. The maximum atomic E-state index is 13.5. The summed E-state index contributed by atoms with van der Waals surface area (Å²) in [5.74, 6) is -0.0609. The van der Waals surface area contributed by atoms with Crippen molar-refractivity contribution >= 4 is 17.3 Å². The van der Waals surface area contributed by atoms with Gasteiger partial charge in [-0.25, -0.2) is 4.39 Å². The van der Waals surface area contributed by atoms with Gasteiger partial charge >= 0.3 is 0 Å². The molecule has 1 aromatic carbocycles. The Morgan fingerprint density at radius 1 is 1.44 bits per heavy atom. The monoisotopic (exact) mass is 245 g/mol. The van der Waals surface area contributed by atoms with Crippen molar-refractivity contribution in [3.63, 3.8) is 0 Å². The molecule has 0 aromatic heterocycles. The predicted octanol–water partition coefficient (Wildman–Crippen LogP) is 3.04. The molecule has 0 saturated carbocycles. The lowest BCUT2D eigenvalue weighted by molar-refractivity contribution is 0.205. The first-order chi connectivity index (χ1) is 7.74. The number of ether oxygens (including phenoxy) is 1. The zero-order chi connectivity index (χ0) is 12.0. The summed E-state index contributed by atoms with van der Waals surface area (Å²) in [5.41, 5.74) is 1.41. The molecular formula is C12H17ClFNO. The predicted molar refractivity (Wildman–Crippen MR) is 65.7 cm³/mol. The van der Waals surface area contributed by atoms with Crippen molar-refractivity contribution in [2.75, 3.05) is 31.7 Å². The van der Waals surface area contributed by atoms with E-state index in [2.05, 4.69) is 4.90 Å². The molecule has 0 atom stereocenters. The first-order valence-corrected chi connectivity index (χ1v) is 5.85. The molecule has 0 N–H and O–H groups in total. The number of anilines is 1. The molecule has 0 unspecified atom stereocenters. The van der Waals surface area contributed by atoms with Crippen LogP contribution in [0, 0.1) is 5.82 Å². The summed E-state index contributed by atoms with van der Waals surface area (Å²) in [6, 6.07) is 5.03. The molecule has 0 heterocycles. The second-order valence-electron chi connectivity index (χ2n) is 3.44. The highest BCUT2D eigenvalue weighted by molar-refractivity contribution is 6.17. The van der Waals surface area contributed by atoms with Crippen LogP contribution < -0.4 is 4.90 Å². The van der Waals surface area contributed by atoms with Crippen molar-refractivity contribution in [1.29, 1.82) is 0 Å². The van der Waals surface area contributed by atoms with E-state index in [1.54, 1.807) is 13.2 Å². The molecule has 0 radical (unpaired) electrons. The van der Waals surface area contributed by atoms with E-state index in [4.69, 9.17) is 16.3 Å². The Morgan fingerprint density at radius 3 is 2.75 bits per heavy atom. The molecule has 0 aliphatic rings. The largest absolute Gasteiger partial charge is 0.383 e. The normalized spacial score (nSPS) is 10.5. The minimum absolute atomic E-state index is 0.186. The van der Waals surface area contributed by atoms with Crippen LogP contribution in [-0.4, -0.2) is 26.8 Å². The Kier molecular flexibility index (Phi) is 5.56. The first kappa shape index (κ1) is 13.3. The van der Waals surface area contributed by atoms with Crippen LogP contribution in [-0.2, 0) is 10.6 Å². The van der Waals surface area contributed by atoms with Gasteiger partial charge < -0.3 is 9.64 Å². The van der Waals surface area contributed by atoms with Crippen LogP contribution in [0.2, 0.25) is 0 Å². The quantitative estimate of drug-likeness (QED) is 0.715. The molecule has 90 valence electrons. The zero-order valence-corrected chi connectivity index (χ0v) is 10.4. The molecule has 0 aliphatic heterocycles. The number of rotatable bonds is 6. The SMILES string of the molecule is CCN(CCOC)c1cccc(F)c1CCl. The Labute approximate surface area is 101 Å². The van der Waals surface area contributed by atoms with Crippen molar-refractivity contribution in [1.82, 2.24) is 0 Å². The van der Waals surface area contributed by atoms with Crippen LogP contribution >= 0.6 is 11.6 Å². The molecule has 0 bridgehead atoms. The Balaban J connectivity index is 2.94. The number of benzene rings is 1. The maximum absolute atomic E-state index is 13.5. The van der Waals surface area contributed by atoms with Crippen LogP contribution in [0.15, 0.2) is 18.2 Å². The zero-order valence-electron chi connectivity index (χ0n) is 9.67. The molecule has 4 heteroatoms. The van der Waals surface area contributed by atoms with E-state index in [0.717, 1.165) is 18.8 Å². The second kappa shape index (κ2) is 6.71. The molecule has 0 spiro atoms. The molecule has 1 rings (SSSR count). The van der Waals surface area contributed by atoms with Gasteiger partial charge in [0.1, 0.15) is 5.82 Å². The van der Waals surface area contributed by atoms with Gasteiger partial charge in [-0.3, -0.25) is 0 Å². The molecule has 0 amide bonds. The van der Waals surface area contributed by atoms with Gasteiger partial charge in [0.05, 0.1) is 12.5 Å². The van der Waals surface area contributed by atoms with Crippen molar-refractivity contribution < 1.29 is 9.13 Å². The van der Waals surface area contributed by atoms with Crippen LogP contribution in [0.25, 0.3) is 0 Å². The average molecular weight is 246 g/mol. The van der Waals surface area contributed by atoms with Gasteiger partial charge in [-0.2, -0.15) is 0 Å². The lowest BCUT2D eigenvalue weighted by Crippen LogP contribution is -2.27. The number of nitrogens with zero attached hydrogens (tertiary/aromatic N) is 1.